The van der Waals surface area contributed by atoms with Crippen molar-refractivity contribution in [1.82, 2.24) is 14.8 Å². The predicted molar refractivity (Wildman–Crippen MR) is 87.1 cm³/mol. The Hall–Kier alpha value is -2.64. The lowest BCUT2D eigenvalue weighted by molar-refractivity contribution is -0.139. The minimum Gasteiger partial charge on any atom is -0.369 e. The summed E-state index contributed by atoms with van der Waals surface area (Å²) in [5, 5.41) is 0. The summed E-state index contributed by atoms with van der Waals surface area (Å²) in [7, 11) is 0. The largest absolute Gasteiger partial charge is 0.369 e. The number of H-pyrrole nitrogens is 1. The van der Waals surface area contributed by atoms with Crippen molar-refractivity contribution in [2.45, 2.75) is 20.3 Å². The number of primary amides is 1. The van der Waals surface area contributed by atoms with E-state index < -0.39 is 16.9 Å². The number of aromatic nitrogens is 1. The molecule has 1 aromatic heterocycles. The number of aromatic amines is 1. The van der Waals surface area contributed by atoms with Gasteiger partial charge in [-0.1, -0.05) is 13.8 Å². The smallest absolute Gasteiger partial charge is 0.260 e. The first-order chi connectivity index (χ1) is 11.2. The highest BCUT2D eigenvalue weighted by molar-refractivity contribution is 5.94. The highest BCUT2D eigenvalue weighted by Crippen LogP contribution is 2.21. The van der Waals surface area contributed by atoms with Gasteiger partial charge in [0.15, 0.2) is 0 Å². The second-order valence-electron chi connectivity index (χ2n) is 6.51. The minimum absolute atomic E-state index is 0.0363. The van der Waals surface area contributed by atoms with Crippen LogP contribution in [0.4, 0.5) is 0 Å². The molecule has 0 unspecified atom stereocenters. The maximum Gasteiger partial charge on any atom is 0.260 e. The van der Waals surface area contributed by atoms with Gasteiger partial charge >= 0.3 is 0 Å². The monoisotopic (exact) mass is 334 g/mol. The van der Waals surface area contributed by atoms with E-state index in [9.17, 15) is 19.2 Å². The van der Waals surface area contributed by atoms with Crippen LogP contribution in [0.5, 0.6) is 0 Å². The molecule has 1 aliphatic heterocycles. The Balaban J connectivity index is 1.95. The number of carbonyl (C=O) groups is 3. The molecule has 1 saturated heterocycles. The molecule has 8 nitrogen and oxygen atoms in total. The quantitative estimate of drug-likeness (QED) is 0.776. The van der Waals surface area contributed by atoms with Crippen LogP contribution in [0.15, 0.2) is 23.1 Å². The molecule has 0 aromatic carbocycles. The first-order valence-corrected chi connectivity index (χ1v) is 7.77. The summed E-state index contributed by atoms with van der Waals surface area (Å²) >= 11 is 0. The molecule has 0 bridgehead atoms. The summed E-state index contributed by atoms with van der Waals surface area (Å²) in [6.07, 6.45) is 1.50. The third kappa shape index (κ3) is 3.81. The van der Waals surface area contributed by atoms with E-state index in [1.54, 1.807) is 29.7 Å². The number of carbonyl (C=O) groups excluding carboxylic acids is 3. The maximum atomic E-state index is 12.4. The van der Waals surface area contributed by atoms with Crippen molar-refractivity contribution >= 4 is 17.7 Å². The number of pyridine rings is 1. The third-order valence-electron chi connectivity index (χ3n) is 4.23. The zero-order valence-electron chi connectivity index (χ0n) is 13.9. The Labute approximate surface area is 139 Å². The van der Waals surface area contributed by atoms with Crippen LogP contribution in [0.2, 0.25) is 0 Å². The fraction of sp³-hybridized carbons (Fsp3) is 0.500. The number of nitrogens with two attached hydrogens (primary N) is 1. The number of nitrogens with zero attached hydrogens (tertiary/aromatic N) is 2. The minimum atomic E-state index is -0.901. The average Bonchev–Trinajstić information content (AvgIpc) is 2.54. The number of amides is 3. The molecule has 0 atom stereocenters. The van der Waals surface area contributed by atoms with Crippen LogP contribution in [0.1, 0.15) is 30.6 Å². The van der Waals surface area contributed by atoms with Crippen LogP contribution >= 0.6 is 0 Å². The van der Waals surface area contributed by atoms with Crippen molar-refractivity contribution in [3.8, 4) is 0 Å². The standard InChI is InChI=1S/C16H22N4O4/c1-16(2,15(17)24)10-12(21)19-6-8-20(9-7-19)14(23)11-4-3-5-18-13(11)22/h3-5H,6-10H2,1-2H3,(H2,17,24)(H,18,22). The molecular formula is C16H22N4O4. The molecule has 8 heteroatoms. The van der Waals surface area contributed by atoms with Gasteiger partial charge in [0, 0.05) is 38.8 Å². The van der Waals surface area contributed by atoms with Crippen molar-refractivity contribution in [1.29, 1.82) is 0 Å². The molecule has 130 valence electrons. The van der Waals surface area contributed by atoms with Crippen LogP contribution in [-0.2, 0) is 9.59 Å². The molecule has 0 spiro atoms. The molecule has 0 aliphatic carbocycles. The first-order valence-electron chi connectivity index (χ1n) is 7.77. The van der Waals surface area contributed by atoms with E-state index in [1.165, 1.54) is 12.3 Å². The normalized spacial score (nSPS) is 15.2. The van der Waals surface area contributed by atoms with Gasteiger partial charge in [-0.2, -0.15) is 0 Å². The van der Waals surface area contributed by atoms with Crippen molar-refractivity contribution in [3.05, 3.63) is 34.2 Å². The van der Waals surface area contributed by atoms with Gasteiger partial charge in [-0.05, 0) is 12.1 Å². The topological polar surface area (TPSA) is 117 Å². The molecule has 1 fully saturated rings. The van der Waals surface area contributed by atoms with Crippen molar-refractivity contribution in [2.24, 2.45) is 11.1 Å². The Kier molecular flexibility index (Phi) is 5.06. The van der Waals surface area contributed by atoms with E-state index in [0.717, 1.165) is 0 Å². The first kappa shape index (κ1) is 17.7. The summed E-state index contributed by atoms with van der Waals surface area (Å²) in [6.45, 7) is 4.68. The third-order valence-corrected chi connectivity index (χ3v) is 4.23. The Morgan fingerprint density at radius 3 is 2.29 bits per heavy atom. The molecule has 24 heavy (non-hydrogen) atoms. The lowest BCUT2D eigenvalue weighted by Gasteiger charge is -2.36. The van der Waals surface area contributed by atoms with E-state index >= 15 is 0 Å². The van der Waals surface area contributed by atoms with Crippen LogP contribution in [0, 0.1) is 5.41 Å². The average molecular weight is 334 g/mol. The number of piperazine rings is 1. The molecule has 2 heterocycles. The molecule has 3 amide bonds. The molecule has 1 aromatic rings. The zero-order chi connectivity index (χ0) is 17.9. The zero-order valence-corrected chi connectivity index (χ0v) is 13.9. The SMILES string of the molecule is CC(C)(CC(=O)N1CCN(C(=O)c2ccc[nH]c2=O)CC1)C(N)=O. The van der Waals surface area contributed by atoms with Crippen LogP contribution in [0.25, 0.3) is 0 Å². The number of nitrogens with one attached hydrogen (secondary N) is 1. The van der Waals surface area contributed by atoms with Crippen LogP contribution < -0.4 is 11.3 Å². The fourth-order valence-corrected chi connectivity index (χ4v) is 2.50. The molecule has 2 rings (SSSR count). The van der Waals surface area contributed by atoms with Crippen molar-refractivity contribution in [2.75, 3.05) is 26.2 Å². The summed E-state index contributed by atoms with van der Waals surface area (Å²) in [4.78, 5) is 53.3. The van der Waals surface area contributed by atoms with Gasteiger partial charge in [-0.15, -0.1) is 0 Å². The van der Waals surface area contributed by atoms with E-state index in [4.69, 9.17) is 5.73 Å². The van der Waals surface area contributed by atoms with Gasteiger partial charge in [0.05, 0.1) is 5.41 Å². The highest BCUT2D eigenvalue weighted by Gasteiger charge is 2.32. The van der Waals surface area contributed by atoms with Crippen molar-refractivity contribution in [3.63, 3.8) is 0 Å². The number of hydrogen-bond donors (Lipinski definition) is 2. The van der Waals surface area contributed by atoms with Gasteiger partial charge in [0.1, 0.15) is 5.56 Å². The highest BCUT2D eigenvalue weighted by atomic mass is 16.2. The Morgan fingerprint density at radius 2 is 1.75 bits per heavy atom. The summed E-state index contributed by atoms with van der Waals surface area (Å²) in [5.41, 5.74) is 4.06. The van der Waals surface area contributed by atoms with Gasteiger partial charge in [0.25, 0.3) is 11.5 Å². The Morgan fingerprint density at radius 1 is 1.17 bits per heavy atom. The molecule has 0 radical (unpaired) electrons. The lowest BCUT2D eigenvalue weighted by Crippen LogP contribution is -2.52. The predicted octanol–water partition coefficient (Wildman–Crippen LogP) is -0.439. The van der Waals surface area contributed by atoms with E-state index in [2.05, 4.69) is 4.98 Å². The summed E-state index contributed by atoms with van der Waals surface area (Å²) < 4.78 is 0. The number of hydrogen-bond acceptors (Lipinski definition) is 4. The lowest BCUT2D eigenvalue weighted by atomic mass is 9.88. The molecule has 0 saturated carbocycles. The van der Waals surface area contributed by atoms with Crippen LogP contribution in [0.3, 0.4) is 0 Å². The second-order valence-corrected chi connectivity index (χ2v) is 6.51. The molecular weight excluding hydrogens is 312 g/mol. The van der Waals surface area contributed by atoms with Crippen LogP contribution in [-0.4, -0.2) is 58.7 Å². The maximum absolute atomic E-state index is 12.4. The fourth-order valence-electron chi connectivity index (χ4n) is 2.50. The van der Waals surface area contributed by atoms with Gasteiger partial charge in [-0.3, -0.25) is 19.2 Å². The van der Waals surface area contributed by atoms with E-state index in [1.807, 2.05) is 0 Å². The summed E-state index contributed by atoms with van der Waals surface area (Å²) in [6, 6.07) is 3.08. The number of rotatable bonds is 4. The molecule has 3 N–H and O–H groups in total. The second kappa shape index (κ2) is 6.86. The molecule has 1 aliphatic rings. The van der Waals surface area contributed by atoms with Gasteiger partial charge in [0.2, 0.25) is 11.8 Å². The van der Waals surface area contributed by atoms with Gasteiger partial charge < -0.3 is 20.5 Å². The van der Waals surface area contributed by atoms with E-state index in [0.29, 0.717) is 26.2 Å². The van der Waals surface area contributed by atoms with Crippen molar-refractivity contribution < 1.29 is 14.4 Å². The Bertz CT molecular complexity index is 702. The van der Waals surface area contributed by atoms with Gasteiger partial charge in [-0.25, -0.2) is 0 Å². The van der Waals surface area contributed by atoms with E-state index in [-0.39, 0.29) is 23.8 Å². The summed E-state index contributed by atoms with van der Waals surface area (Å²) in [5.74, 6) is -1.03.